The SMILES string of the molecule is CCCC[Si](C)(C)C1OC(=O)C(CC)(OC(=O)CN)C2=C1C(O)=c1c(nc3n1Cc1ccc(O)cc1C=3)C2. The molecule has 38 heavy (non-hydrogen) atoms. The zero-order chi connectivity index (χ0) is 27.4. The van der Waals surface area contributed by atoms with Gasteiger partial charge < -0.3 is 30.0 Å². The molecule has 4 N–H and O–H groups in total. The van der Waals surface area contributed by atoms with Crippen LogP contribution in [0, 0.1) is 0 Å². The Morgan fingerprint density at radius 2 is 2.08 bits per heavy atom. The molecule has 0 saturated heterocycles. The molecule has 0 bridgehead atoms. The molecule has 10 heteroatoms. The number of phenols is 1. The van der Waals surface area contributed by atoms with E-state index in [0.717, 1.165) is 30.0 Å². The molecule has 2 aromatic rings. The molecule has 202 valence electrons. The smallest absolute Gasteiger partial charge is 0.355 e. The Morgan fingerprint density at radius 1 is 1.32 bits per heavy atom. The molecule has 5 rings (SSSR count). The predicted octanol–water partition coefficient (Wildman–Crippen LogP) is 1.92. The van der Waals surface area contributed by atoms with E-state index in [9.17, 15) is 19.8 Å². The van der Waals surface area contributed by atoms with Crippen LogP contribution < -0.4 is 16.6 Å². The molecule has 3 aliphatic rings. The van der Waals surface area contributed by atoms with Gasteiger partial charge in [-0.25, -0.2) is 9.78 Å². The minimum atomic E-state index is -2.25. The first-order valence-corrected chi connectivity index (χ1v) is 16.5. The van der Waals surface area contributed by atoms with E-state index in [1.54, 1.807) is 19.1 Å². The van der Waals surface area contributed by atoms with Gasteiger partial charge in [-0.3, -0.25) is 4.79 Å². The Kier molecular flexibility index (Phi) is 6.51. The number of imidazole rings is 1. The molecular formula is C28H35N3O6Si. The normalized spacial score (nSPS) is 22.1. The highest BCUT2D eigenvalue weighted by molar-refractivity contribution is 6.79. The summed E-state index contributed by atoms with van der Waals surface area (Å²) in [6.45, 7) is 8.32. The second-order valence-corrected chi connectivity index (χ2v) is 16.0. The van der Waals surface area contributed by atoms with Crippen LogP contribution in [-0.4, -0.2) is 57.6 Å². The number of aromatic nitrogens is 2. The average molecular weight is 538 g/mol. The summed E-state index contributed by atoms with van der Waals surface area (Å²) >= 11 is 0. The first-order chi connectivity index (χ1) is 18.1. The first-order valence-electron chi connectivity index (χ1n) is 13.3. The lowest BCUT2D eigenvalue weighted by Gasteiger charge is -2.45. The molecule has 2 atom stereocenters. The molecule has 0 fully saturated rings. The number of unbranched alkanes of at least 4 members (excludes halogenated alkanes) is 1. The molecule has 1 aromatic heterocycles. The number of benzene rings is 1. The second-order valence-electron chi connectivity index (χ2n) is 11.0. The summed E-state index contributed by atoms with van der Waals surface area (Å²) in [6, 6.07) is 6.11. The van der Waals surface area contributed by atoms with Gasteiger partial charge in [0.25, 0.3) is 0 Å². The predicted molar refractivity (Wildman–Crippen MR) is 144 cm³/mol. The number of aromatic hydroxyl groups is 1. The van der Waals surface area contributed by atoms with E-state index in [1.807, 2.05) is 16.7 Å². The number of esters is 2. The van der Waals surface area contributed by atoms with Crippen LogP contribution in [-0.2, 0) is 32.0 Å². The fourth-order valence-electron chi connectivity index (χ4n) is 5.99. The Morgan fingerprint density at radius 3 is 2.76 bits per heavy atom. The summed E-state index contributed by atoms with van der Waals surface area (Å²) in [4.78, 5) is 30.9. The van der Waals surface area contributed by atoms with Crippen LogP contribution >= 0.6 is 0 Å². The highest BCUT2D eigenvalue weighted by atomic mass is 28.3. The van der Waals surface area contributed by atoms with E-state index in [0.29, 0.717) is 34.2 Å². The summed E-state index contributed by atoms with van der Waals surface area (Å²) < 4.78 is 13.9. The van der Waals surface area contributed by atoms with Crippen LogP contribution in [0.15, 0.2) is 29.3 Å². The van der Waals surface area contributed by atoms with Crippen LogP contribution in [0.3, 0.4) is 0 Å². The van der Waals surface area contributed by atoms with Gasteiger partial charge in [-0.2, -0.15) is 0 Å². The quantitative estimate of drug-likeness (QED) is 0.307. The molecule has 1 aliphatic carbocycles. The molecule has 2 aliphatic heterocycles. The maximum atomic E-state index is 13.7. The third-order valence-corrected chi connectivity index (χ3v) is 11.6. The number of fused-ring (bicyclic) bond motifs is 4. The molecule has 1 aromatic carbocycles. The number of phenolic OH excluding ortho intramolecular Hbond substituents is 1. The molecular weight excluding hydrogens is 502 g/mol. The van der Waals surface area contributed by atoms with Crippen molar-refractivity contribution in [3.05, 3.63) is 57.0 Å². The fraction of sp³-hybridized carbons (Fsp3) is 0.464. The van der Waals surface area contributed by atoms with E-state index in [-0.39, 0.29) is 30.9 Å². The molecule has 3 heterocycles. The number of carbonyl (C=O) groups excluding carboxylic acids is 2. The van der Waals surface area contributed by atoms with E-state index >= 15 is 0 Å². The van der Waals surface area contributed by atoms with Gasteiger partial charge >= 0.3 is 11.9 Å². The number of ether oxygens (including phenoxy) is 2. The van der Waals surface area contributed by atoms with Crippen molar-refractivity contribution >= 4 is 31.8 Å². The lowest BCUT2D eigenvalue weighted by Crippen LogP contribution is -2.59. The number of nitrogens with two attached hydrogens (primary N) is 1. The minimum Gasteiger partial charge on any atom is -0.508 e. The van der Waals surface area contributed by atoms with Gasteiger partial charge in [0.1, 0.15) is 36.1 Å². The molecule has 9 nitrogen and oxygen atoms in total. The van der Waals surface area contributed by atoms with Crippen LogP contribution in [0.25, 0.3) is 11.8 Å². The largest absolute Gasteiger partial charge is 0.508 e. The van der Waals surface area contributed by atoms with E-state index < -0.39 is 31.3 Å². The lowest BCUT2D eigenvalue weighted by molar-refractivity contribution is -0.181. The van der Waals surface area contributed by atoms with Crippen molar-refractivity contribution < 1.29 is 29.3 Å². The number of aliphatic hydroxyl groups is 1. The van der Waals surface area contributed by atoms with Gasteiger partial charge in [-0.1, -0.05) is 51.9 Å². The van der Waals surface area contributed by atoms with Crippen molar-refractivity contribution in [3.8, 4) is 5.75 Å². The van der Waals surface area contributed by atoms with Gasteiger partial charge in [0.2, 0.25) is 5.60 Å². The van der Waals surface area contributed by atoms with Crippen molar-refractivity contribution in [2.24, 2.45) is 5.73 Å². The number of nitrogens with zero attached hydrogens (tertiary/aromatic N) is 2. The highest BCUT2D eigenvalue weighted by Crippen LogP contribution is 2.45. The second kappa shape index (κ2) is 9.43. The Balaban J connectivity index is 1.76. The van der Waals surface area contributed by atoms with Gasteiger partial charge in [0, 0.05) is 17.6 Å². The van der Waals surface area contributed by atoms with Crippen LogP contribution in [0.1, 0.15) is 49.9 Å². The Bertz CT molecular complexity index is 1490. The van der Waals surface area contributed by atoms with Gasteiger partial charge in [-0.15, -0.1) is 0 Å². The first kappa shape index (κ1) is 26.2. The van der Waals surface area contributed by atoms with E-state index in [2.05, 4.69) is 20.0 Å². The summed E-state index contributed by atoms with van der Waals surface area (Å²) in [6.07, 6.45) is 4.26. The number of carbonyl (C=O) groups is 2. The summed E-state index contributed by atoms with van der Waals surface area (Å²) in [5, 5.41) is 22.5. The monoisotopic (exact) mass is 537 g/mol. The summed E-state index contributed by atoms with van der Waals surface area (Å²) in [7, 11) is -2.25. The molecule has 0 spiro atoms. The number of hydrogen-bond acceptors (Lipinski definition) is 8. The van der Waals surface area contributed by atoms with Crippen molar-refractivity contribution in [2.45, 2.75) is 76.5 Å². The average Bonchev–Trinajstić information content (AvgIpc) is 3.24. The van der Waals surface area contributed by atoms with Gasteiger partial charge in [-0.05, 0) is 35.8 Å². The number of rotatable bonds is 7. The fourth-order valence-corrected chi connectivity index (χ4v) is 9.04. The maximum absolute atomic E-state index is 13.7. The Labute approximate surface area is 222 Å². The van der Waals surface area contributed by atoms with Gasteiger partial charge in [0.05, 0.1) is 18.8 Å². The molecule has 0 saturated carbocycles. The maximum Gasteiger partial charge on any atom is 0.355 e. The number of hydrogen-bond donors (Lipinski definition) is 3. The minimum absolute atomic E-state index is 0.0202. The highest BCUT2D eigenvalue weighted by Gasteiger charge is 2.57. The van der Waals surface area contributed by atoms with Gasteiger partial charge in [0.15, 0.2) is 0 Å². The molecule has 0 radical (unpaired) electrons. The van der Waals surface area contributed by atoms with Crippen molar-refractivity contribution in [2.75, 3.05) is 6.54 Å². The third kappa shape index (κ3) is 3.97. The van der Waals surface area contributed by atoms with Crippen LogP contribution in [0.2, 0.25) is 19.1 Å². The Hall–Kier alpha value is -3.37. The number of cyclic esters (lactones) is 1. The zero-order valence-corrected chi connectivity index (χ0v) is 23.3. The molecule has 0 amide bonds. The van der Waals surface area contributed by atoms with Crippen molar-refractivity contribution in [1.29, 1.82) is 0 Å². The van der Waals surface area contributed by atoms with E-state index in [1.165, 1.54) is 0 Å². The summed E-state index contributed by atoms with van der Waals surface area (Å²) in [5.41, 5.74) is 7.49. The summed E-state index contributed by atoms with van der Waals surface area (Å²) in [5.74, 6) is -1.14. The molecule has 2 unspecified atom stereocenters. The van der Waals surface area contributed by atoms with Crippen LogP contribution in [0.5, 0.6) is 5.75 Å². The van der Waals surface area contributed by atoms with Crippen molar-refractivity contribution in [1.82, 2.24) is 9.55 Å². The van der Waals surface area contributed by atoms with Crippen molar-refractivity contribution in [3.63, 3.8) is 0 Å². The van der Waals surface area contributed by atoms with Crippen LogP contribution in [0.4, 0.5) is 0 Å². The lowest BCUT2D eigenvalue weighted by atomic mass is 9.79. The third-order valence-electron chi connectivity index (χ3n) is 8.10. The topological polar surface area (TPSA) is 137 Å². The zero-order valence-electron chi connectivity index (χ0n) is 22.3. The standard InChI is InChI=1S/C28H35N3O6Si/c1-5-7-10-38(3,4)26-23-19(28(6-2,27(35)36-26)37-22(33)14-29)13-20-24(25(23)34)31-15-16-8-9-18(32)11-17(16)12-21(31)30-20/h8-9,11-12,26,32,34H,5-7,10,13-15,29H2,1-4H3. The van der Waals surface area contributed by atoms with E-state index in [4.69, 9.17) is 20.2 Å². The number of aliphatic hydroxyl groups excluding tert-OH is 1.